The summed E-state index contributed by atoms with van der Waals surface area (Å²) in [7, 11) is 0. The zero-order valence-corrected chi connectivity index (χ0v) is 11.0. The van der Waals surface area contributed by atoms with Crippen molar-refractivity contribution in [3.8, 4) is 0 Å². The van der Waals surface area contributed by atoms with Crippen LogP contribution in [-0.4, -0.2) is 42.9 Å². The second-order valence-corrected chi connectivity index (χ2v) is 4.70. The van der Waals surface area contributed by atoms with Crippen LogP contribution in [0.1, 0.15) is 6.42 Å². The quantitative estimate of drug-likeness (QED) is 0.689. The largest absolute Gasteiger partial charge is 0.399 e. The number of amides is 2. The third-order valence-corrected chi connectivity index (χ3v) is 2.97. The van der Waals surface area contributed by atoms with E-state index in [9.17, 15) is 14.0 Å². The third kappa shape index (κ3) is 3.92. The average molecular weight is 280 g/mol. The van der Waals surface area contributed by atoms with Crippen LogP contribution in [0, 0.1) is 5.82 Å². The monoisotopic (exact) mass is 280 g/mol. The number of carbonyl (C=O) groups excluding carboxylic acids is 2. The minimum Gasteiger partial charge on any atom is -0.399 e. The first-order chi connectivity index (χ1) is 9.54. The highest BCUT2D eigenvalue weighted by Crippen LogP contribution is 2.17. The second kappa shape index (κ2) is 6.33. The number of hydrogen-bond donors (Lipinski definition) is 3. The molecule has 2 rings (SSSR count). The van der Waals surface area contributed by atoms with Gasteiger partial charge in [-0.25, -0.2) is 4.39 Å². The zero-order chi connectivity index (χ0) is 14.5. The summed E-state index contributed by atoms with van der Waals surface area (Å²) >= 11 is 0. The number of nitrogens with zero attached hydrogens (tertiary/aromatic N) is 1. The highest BCUT2D eigenvalue weighted by atomic mass is 19.1. The highest BCUT2D eigenvalue weighted by molar-refractivity contribution is 5.93. The van der Waals surface area contributed by atoms with Gasteiger partial charge >= 0.3 is 0 Å². The van der Waals surface area contributed by atoms with E-state index in [1.807, 2.05) is 0 Å². The van der Waals surface area contributed by atoms with Gasteiger partial charge in [-0.15, -0.1) is 0 Å². The van der Waals surface area contributed by atoms with E-state index in [1.54, 1.807) is 4.90 Å². The molecule has 1 aliphatic heterocycles. The number of hydrogen-bond acceptors (Lipinski definition) is 4. The molecule has 108 valence electrons. The van der Waals surface area contributed by atoms with Crippen LogP contribution in [0.25, 0.3) is 0 Å². The topological polar surface area (TPSA) is 87.5 Å². The van der Waals surface area contributed by atoms with Gasteiger partial charge in [-0.3, -0.25) is 14.5 Å². The molecule has 4 N–H and O–H groups in total. The van der Waals surface area contributed by atoms with Crippen molar-refractivity contribution in [3.63, 3.8) is 0 Å². The van der Waals surface area contributed by atoms with Crippen LogP contribution in [0.2, 0.25) is 0 Å². The molecule has 0 radical (unpaired) electrons. The number of anilines is 2. The predicted molar refractivity (Wildman–Crippen MR) is 73.5 cm³/mol. The smallest absolute Gasteiger partial charge is 0.238 e. The number of nitrogens with two attached hydrogens (primary N) is 1. The van der Waals surface area contributed by atoms with E-state index >= 15 is 0 Å². The Kier molecular flexibility index (Phi) is 4.52. The molecular formula is C13H17FN4O2. The van der Waals surface area contributed by atoms with Gasteiger partial charge in [-0.1, -0.05) is 0 Å². The van der Waals surface area contributed by atoms with Crippen molar-refractivity contribution in [2.24, 2.45) is 0 Å². The van der Waals surface area contributed by atoms with Crippen LogP contribution in [0.3, 0.4) is 0 Å². The molecule has 0 unspecified atom stereocenters. The van der Waals surface area contributed by atoms with E-state index in [2.05, 4.69) is 10.6 Å². The summed E-state index contributed by atoms with van der Waals surface area (Å²) < 4.78 is 13.5. The maximum absolute atomic E-state index is 13.5. The van der Waals surface area contributed by atoms with Gasteiger partial charge in [0.05, 0.1) is 18.8 Å². The van der Waals surface area contributed by atoms with Gasteiger partial charge in [0.2, 0.25) is 11.8 Å². The normalized spacial score (nSPS) is 16.4. The lowest BCUT2D eigenvalue weighted by Gasteiger charge is -2.18. The summed E-state index contributed by atoms with van der Waals surface area (Å²) in [5, 5.41) is 5.19. The standard InChI is InChI=1S/C13H17FN4O2/c14-10-3-2-9(15)6-11(10)17-13(20)8-18-5-1-4-16-12(19)7-18/h2-3,6H,1,4-5,7-8,15H2,(H,16,19)(H,17,20). The fourth-order valence-corrected chi connectivity index (χ4v) is 2.03. The van der Waals surface area contributed by atoms with E-state index in [0.29, 0.717) is 18.8 Å². The Labute approximate surface area is 116 Å². The van der Waals surface area contributed by atoms with Crippen LogP contribution in [0.4, 0.5) is 15.8 Å². The van der Waals surface area contributed by atoms with Crippen LogP contribution < -0.4 is 16.4 Å². The van der Waals surface area contributed by atoms with Crippen molar-refractivity contribution in [1.29, 1.82) is 0 Å². The Morgan fingerprint density at radius 3 is 3.10 bits per heavy atom. The number of nitrogens with one attached hydrogen (secondary N) is 2. The first kappa shape index (κ1) is 14.3. The summed E-state index contributed by atoms with van der Waals surface area (Å²) in [4.78, 5) is 25.0. The predicted octanol–water partition coefficient (Wildman–Crippen LogP) is 0.168. The van der Waals surface area contributed by atoms with E-state index in [1.165, 1.54) is 18.2 Å². The highest BCUT2D eigenvalue weighted by Gasteiger charge is 2.17. The van der Waals surface area contributed by atoms with Gasteiger partial charge in [0.15, 0.2) is 0 Å². The molecule has 0 bridgehead atoms. The number of benzene rings is 1. The minimum absolute atomic E-state index is 0.0433. The molecule has 7 heteroatoms. The van der Waals surface area contributed by atoms with Gasteiger partial charge in [0, 0.05) is 18.8 Å². The van der Waals surface area contributed by atoms with E-state index < -0.39 is 5.82 Å². The number of rotatable bonds is 3. The maximum atomic E-state index is 13.5. The molecule has 1 heterocycles. The summed E-state index contributed by atoms with van der Waals surface area (Å²) in [5.74, 6) is -1.02. The molecule has 0 atom stereocenters. The van der Waals surface area contributed by atoms with Gasteiger partial charge in [0.25, 0.3) is 0 Å². The zero-order valence-electron chi connectivity index (χ0n) is 11.0. The molecule has 20 heavy (non-hydrogen) atoms. The molecule has 0 aliphatic carbocycles. The Morgan fingerprint density at radius 2 is 2.30 bits per heavy atom. The Hall–Kier alpha value is -2.15. The molecule has 2 amide bonds. The van der Waals surface area contributed by atoms with E-state index in [4.69, 9.17) is 5.73 Å². The fourth-order valence-electron chi connectivity index (χ4n) is 2.03. The van der Waals surface area contributed by atoms with Crippen molar-refractivity contribution < 1.29 is 14.0 Å². The van der Waals surface area contributed by atoms with Gasteiger partial charge in [0.1, 0.15) is 5.82 Å². The SMILES string of the molecule is Nc1ccc(F)c(NC(=O)CN2CCCNC(=O)C2)c1. The molecule has 1 aromatic carbocycles. The minimum atomic E-state index is -0.541. The van der Waals surface area contributed by atoms with Crippen LogP contribution >= 0.6 is 0 Å². The molecule has 0 aromatic heterocycles. The Morgan fingerprint density at radius 1 is 1.50 bits per heavy atom. The third-order valence-electron chi connectivity index (χ3n) is 2.97. The summed E-state index contributed by atoms with van der Waals surface area (Å²) in [6, 6.07) is 3.98. The average Bonchev–Trinajstić information content (AvgIpc) is 2.58. The number of halogens is 1. The number of carbonyl (C=O) groups is 2. The first-order valence-electron chi connectivity index (χ1n) is 6.38. The van der Waals surface area contributed by atoms with Gasteiger partial charge < -0.3 is 16.4 Å². The van der Waals surface area contributed by atoms with E-state index in [0.717, 1.165) is 6.42 Å². The molecular weight excluding hydrogens is 263 g/mol. The van der Waals surface area contributed by atoms with Crippen molar-refractivity contribution in [2.45, 2.75) is 6.42 Å². The summed E-state index contributed by atoms with van der Waals surface area (Å²) in [6.45, 7) is 1.47. The van der Waals surface area contributed by atoms with Crippen LogP contribution in [0.15, 0.2) is 18.2 Å². The fraction of sp³-hybridized carbons (Fsp3) is 0.385. The van der Waals surface area contributed by atoms with E-state index in [-0.39, 0.29) is 30.6 Å². The molecule has 1 aliphatic rings. The second-order valence-electron chi connectivity index (χ2n) is 4.70. The van der Waals surface area contributed by atoms with Crippen molar-refractivity contribution >= 4 is 23.2 Å². The van der Waals surface area contributed by atoms with Gasteiger partial charge in [-0.2, -0.15) is 0 Å². The number of nitrogen functional groups attached to an aromatic ring is 1. The van der Waals surface area contributed by atoms with Crippen LogP contribution in [0.5, 0.6) is 0 Å². The van der Waals surface area contributed by atoms with Gasteiger partial charge in [-0.05, 0) is 24.6 Å². The molecule has 6 nitrogen and oxygen atoms in total. The Bertz CT molecular complexity index is 521. The lowest BCUT2D eigenvalue weighted by atomic mass is 10.2. The molecule has 1 saturated heterocycles. The van der Waals surface area contributed by atoms with Crippen LogP contribution in [-0.2, 0) is 9.59 Å². The summed E-state index contributed by atoms with van der Waals surface area (Å²) in [5.41, 5.74) is 5.97. The molecule has 1 fully saturated rings. The lowest BCUT2D eigenvalue weighted by molar-refractivity contribution is -0.122. The summed E-state index contributed by atoms with van der Waals surface area (Å²) in [6.07, 6.45) is 0.783. The first-order valence-corrected chi connectivity index (χ1v) is 6.38. The van der Waals surface area contributed by atoms with Crippen molar-refractivity contribution in [2.75, 3.05) is 37.2 Å². The molecule has 0 saturated carbocycles. The molecule has 1 aromatic rings. The molecule has 0 spiro atoms. The maximum Gasteiger partial charge on any atom is 0.238 e. The Balaban J connectivity index is 1.94. The lowest BCUT2D eigenvalue weighted by Crippen LogP contribution is -2.38. The van der Waals surface area contributed by atoms with Crippen molar-refractivity contribution in [1.82, 2.24) is 10.2 Å². The van der Waals surface area contributed by atoms with Crippen molar-refractivity contribution in [3.05, 3.63) is 24.0 Å².